The zero-order chi connectivity index (χ0) is 18.1. The zero-order valence-electron chi connectivity index (χ0n) is 16.5. The molecule has 1 aliphatic heterocycles. The molecule has 0 atom stereocenters. The van der Waals surface area contributed by atoms with Crippen LogP contribution in [0.4, 0.5) is 0 Å². The molecule has 25 heavy (non-hydrogen) atoms. The lowest BCUT2D eigenvalue weighted by molar-refractivity contribution is 0.191. The first kappa shape index (κ1) is 19.8. The van der Waals surface area contributed by atoms with Gasteiger partial charge in [-0.15, -0.1) is 0 Å². The van der Waals surface area contributed by atoms with Gasteiger partial charge in [0.15, 0.2) is 5.96 Å². The van der Waals surface area contributed by atoms with Crippen LogP contribution in [0.2, 0.25) is 0 Å². The fourth-order valence-corrected chi connectivity index (χ4v) is 3.35. The smallest absolute Gasteiger partial charge is 0.190 e. The van der Waals surface area contributed by atoms with Crippen LogP contribution in [0, 0.1) is 19.8 Å². The molecule has 1 aromatic rings. The van der Waals surface area contributed by atoms with Gasteiger partial charge in [-0.2, -0.15) is 5.10 Å². The highest BCUT2D eigenvalue weighted by atomic mass is 15.3. The van der Waals surface area contributed by atoms with Gasteiger partial charge in [0.2, 0.25) is 0 Å². The third-order valence-corrected chi connectivity index (χ3v) is 4.99. The van der Waals surface area contributed by atoms with Crippen molar-refractivity contribution in [1.29, 1.82) is 0 Å². The first-order valence-electron chi connectivity index (χ1n) is 9.76. The summed E-state index contributed by atoms with van der Waals surface area (Å²) in [5.74, 6) is 1.81. The van der Waals surface area contributed by atoms with Gasteiger partial charge in [0.1, 0.15) is 0 Å². The fourth-order valence-electron chi connectivity index (χ4n) is 3.35. The lowest BCUT2D eigenvalue weighted by Gasteiger charge is -2.30. The number of hydrogen-bond donors (Lipinski definition) is 2. The minimum Gasteiger partial charge on any atom is -0.356 e. The fraction of sp³-hybridized carbons (Fsp3) is 0.789. The number of guanidine groups is 1. The first-order valence-corrected chi connectivity index (χ1v) is 9.76. The zero-order valence-corrected chi connectivity index (χ0v) is 16.5. The Morgan fingerprint density at radius 2 is 1.80 bits per heavy atom. The second-order valence-corrected chi connectivity index (χ2v) is 7.31. The Labute approximate surface area is 153 Å². The Kier molecular flexibility index (Phi) is 8.25. The van der Waals surface area contributed by atoms with Gasteiger partial charge in [0.25, 0.3) is 0 Å². The van der Waals surface area contributed by atoms with Crippen LogP contribution in [0.3, 0.4) is 0 Å². The molecule has 6 nitrogen and oxygen atoms in total. The van der Waals surface area contributed by atoms with Crippen molar-refractivity contribution >= 4 is 5.96 Å². The van der Waals surface area contributed by atoms with Crippen molar-refractivity contribution in [3.8, 4) is 0 Å². The largest absolute Gasteiger partial charge is 0.356 e. The van der Waals surface area contributed by atoms with E-state index in [1.54, 1.807) is 0 Å². The number of nitrogens with zero attached hydrogens (tertiary/aromatic N) is 4. The maximum Gasteiger partial charge on any atom is 0.190 e. The van der Waals surface area contributed by atoms with Gasteiger partial charge in [0.05, 0.1) is 5.69 Å². The highest BCUT2D eigenvalue weighted by Gasteiger charge is 2.14. The molecule has 2 heterocycles. The molecule has 0 bridgehead atoms. The van der Waals surface area contributed by atoms with Gasteiger partial charge in [0, 0.05) is 32.4 Å². The summed E-state index contributed by atoms with van der Waals surface area (Å²) in [4.78, 5) is 6.90. The number of aliphatic imine (C=N–C) groups is 1. The van der Waals surface area contributed by atoms with Gasteiger partial charge < -0.3 is 15.5 Å². The number of hydrogen-bond acceptors (Lipinski definition) is 3. The summed E-state index contributed by atoms with van der Waals surface area (Å²) in [5.41, 5.74) is 2.32. The predicted octanol–water partition coefficient (Wildman–Crippen LogP) is 2.18. The van der Waals surface area contributed by atoms with Gasteiger partial charge in [-0.3, -0.25) is 9.67 Å². The average molecular weight is 349 g/mol. The third-order valence-electron chi connectivity index (χ3n) is 4.99. The highest BCUT2D eigenvalue weighted by molar-refractivity contribution is 5.79. The highest BCUT2D eigenvalue weighted by Crippen LogP contribution is 2.15. The molecule has 0 unspecified atom stereocenters. The molecule has 1 aliphatic rings. The van der Waals surface area contributed by atoms with E-state index >= 15 is 0 Å². The molecule has 0 radical (unpaired) electrons. The van der Waals surface area contributed by atoms with Crippen LogP contribution >= 0.6 is 0 Å². The van der Waals surface area contributed by atoms with Crippen molar-refractivity contribution in [3.05, 3.63) is 17.5 Å². The summed E-state index contributed by atoms with van der Waals surface area (Å²) in [7, 11) is 1.84. The van der Waals surface area contributed by atoms with Crippen molar-refractivity contribution in [2.45, 2.75) is 53.0 Å². The maximum absolute atomic E-state index is 4.50. The van der Waals surface area contributed by atoms with E-state index in [0.717, 1.165) is 43.6 Å². The Balaban J connectivity index is 1.54. The SMILES string of the molecule is CN=C(NCCCN1CCC(C)CC1)NCCCn1nc(C)cc1C. The van der Waals surface area contributed by atoms with Crippen LogP contribution in [-0.4, -0.2) is 60.4 Å². The Morgan fingerprint density at radius 1 is 1.16 bits per heavy atom. The van der Waals surface area contributed by atoms with E-state index in [-0.39, 0.29) is 0 Å². The quantitative estimate of drug-likeness (QED) is 0.429. The van der Waals surface area contributed by atoms with Crippen molar-refractivity contribution in [1.82, 2.24) is 25.3 Å². The number of piperidine rings is 1. The molecular weight excluding hydrogens is 312 g/mol. The molecule has 0 amide bonds. The van der Waals surface area contributed by atoms with Gasteiger partial charge >= 0.3 is 0 Å². The van der Waals surface area contributed by atoms with Crippen molar-refractivity contribution in [2.75, 3.05) is 39.8 Å². The second-order valence-electron chi connectivity index (χ2n) is 7.31. The standard InChI is InChI=1S/C19H36N6/c1-16-7-13-24(14-8-16)11-5-9-21-19(20-4)22-10-6-12-25-18(3)15-17(2)23-25/h15-16H,5-14H2,1-4H3,(H2,20,21,22). The average Bonchev–Trinajstić information content (AvgIpc) is 2.92. The van der Waals surface area contributed by atoms with E-state index in [4.69, 9.17) is 0 Å². The lowest BCUT2D eigenvalue weighted by atomic mass is 9.99. The second kappa shape index (κ2) is 10.4. The van der Waals surface area contributed by atoms with Crippen LogP contribution < -0.4 is 10.6 Å². The summed E-state index contributed by atoms with van der Waals surface area (Å²) in [6.45, 7) is 13.1. The summed E-state index contributed by atoms with van der Waals surface area (Å²) in [6, 6.07) is 2.12. The number of aromatic nitrogens is 2. The maximum atomic E-state index is 4.50. The topological polar surface area (TPSA) is 57.5 Å². The van der Waals surface area contributed by atoms with Crippen molar-refractivity contribution in [3.63, 3.8) is 0 Å². The Bertz CT molecular complexity index is 528. The van der Waals surface area contributed by atoms with Crippen LogP contribution in [0.25, 0.3) is 0 Å². The van der Waals surface area contributed by atoms with Crippen LogP contribution in [0.5, 0.6) is 0 Å². The van der Waals surface area contributed by atoms with Crippen LogP contribution in [0.1, 0.15) is 44.0 Å². The molecule has 1 aromatic heterocycles. The lowest BCUT2D eigenvalue weighted by Crippen LogP contribution is -2.40. The summed E-state index contributed by atoms with van der Waals surface area (Å²) in [6.07, 6.45) is 4.91. The molecule has 0 aliphatic carbocycles. The third kappa shape index (κ3) is 7.06. The Hall–Kier alpha value is -1.56. The van der Waals surface area contributed by atoms with Crippen molar-refractivity contribution in [2.24, 2.45) is 10.9 Å². The Morgan fingerprint density at radius 3 is 2.36 bits per heavy atom. The van der Waals surface area contributed by atoms with Crippen molar-refractivity contribution < 1.29 is 0 Å². The number of nitrogens with one attached hydrogen (secondary N) is 2. The van der Waals surface area contributed by atoms with E-state index in [9.17, 15) is 0 Å². The molecule has 2 rings (SSSR count). The minimum atomic E-state index is 0.903. The molecule has 0 spiro atoms. The van der Waals surface area contributed by atoms with E-state index in [2.05, 4.69) is 50.2 Å². The van der Waals surface area contributed by atoms with Gasteiger partial charge in [-0.05, 0) is 71.1 Å². The van der Waals surface area contributed by atoms with Crippen LogP contribution in [0.15, 0.2) is 11.1 Å². The molecule has 142 valence electrons. The molecule has 6 heteroatoms. The van der Waals surface area contributed by atoms with Gasteiger partial charge in [-0.25, -0.2) is 0 Å². The number of aryl methyl sites for hydroxylation is 3. The molecule has 1 saturated heterocycles. The number of rotatable bonds is 8. The molecular formula is C19H36N6. The van der Waals surface area contributed by atoms with E-state index < -0.39 is 0 Å². The van der Waals surface area contributed by atoms with E-state index in [0.29, 0.717) is 0 Å². The van der Waals surface area contributed by atoms with E-state index in [1.165, 1.54) is 44.6 Å². The van der Waals surface area contributed by atoms with E-state index in [1.807, 2.05) is 14.0 Å². The summed E-state index contributed by atoms with van der Waals surface area (Å²) in [5, 5.41) is 11.3. The first-order chi connectivity index (χ1) is 12.1. The summed E-state index contributed by atoms with van der Waals surface area (Å²) < 4.78 is 2.08. The molecule has 0 saturated carbocycles. The monoisotopic (exact) mass is 348 g/mol. The summed E-state index contributed by atoms with van der Waals surface area (Å²) >= 11 is 0. The molecule has 2 N–H and O–H groups in total. The number of likely N-dealkylation sites (tertiary alicyclic amines) is 1. The predicted molar refractivity (Wildman–Crippen MR) is 105 cm³/mol. The van der Waals surface area contributed by atoms with Crippen LogP contribution in [-0.2, 0) is 6.54 Å². The molecule has 0 aromatic carbocycles. The minimum absolute atomic E-state index is 0.903. The van der Waals surface area contributed by atoms with Gasteiger partial charge in [-0.1, -0.05) is 6.92 Å². The normalized spacial score (nSPS) is 17.0. The molecule has 1 fully saturated rings.